The van der Waals surface area contributed by atoms with Crippen molar-refractivity contribution in [1.82, 2.24) is 4.90 Å². The van der Waals surface area contributed by atoms with Gasteiger partial charge in [-0.25, -0.2) is 0 Å². The average molecular weight is 276 g/mol. The molecular weight excluding hydrogens is 252 g/mol. The van der Waals surface area contributed by atoms with Gasteiger partial charge in [-0.05, 0) is 43.4 Å². The summed E-state index contributed by atoms with van der Waals surface area (Å²) >= 11 is 0. The van der Waals surface area contributed by atoms with E-state index in [4.69, 9.17) is 10.5 Å². The molecular formula is C16H24N2O2. The number of rotatable bonds is 3. The van der Waals surface area contributed by atoms with Gasteiger partial charge < -0.3 is 15.4 Å². The minimum absolute atomic E-state index is 0.0650. The average Bonchev–Trinajstić information content (AvgIpc) is 2.40. The molecule has 0 spiro atoms. The molecule has 1 aromatic carbocycles. The van der Waals surface area contributed by atoms with Gasteiger partial charge in [0.1, 0.15) is 5.75 Å². The lowest BCUT2D eigenvalue weighted by Crippen LogP contribution is -2.41. The summed E-state index contributed by atoms with van der Waals surface area (Å²) in [5.74, 6) is 0.707. The van der Waals surface area contributed by atoms with Crippen molar-refractivity contribution in [3.8, 4) is 5.75 Å². The van der Waals surface area contributed by atoms with E-state index in [9.17, 15) is 4.79 Å². The molecule has 0 bridgehead atoms. The molecule has 0 saturated carbocycles. The van der Waals surface area contributed by atoms with Gasteiger partial charge in [-0.15, -0.1) is 0 Å². The highest BCUT2D eigenvalue weighted by Gasteiger charge is 2.28. The zero-order chi connectivity index (χ0) is 14.8. The maximum Gasteiger partial charge on any atom is 0.253 e. The summed E-state index contributed by atoms with van der Waals surface area (Å²) in [4.78, 5) is 14.4. The van der Waals surface area contributed by atoms with E-state index in [-0.39, 0.29) is 5.91 Å². The highest BCUT2D eigenvalue weighted by atomic mass is 16.5. The first-order valence-electron chi connectivity index (χ1n) is 7.24. The van der Waals surface area contributed by atoms with Gasteiger partial charge in [0.25, 0.3) is 5.91 Å². The zero-order valence-electron chi connectivity index (χ0n) is 12.6. The lowest BCUT2D eigenvalue weighted by atomic mass is 9.82. The molecule has 1 aliphatic heterocycles. The number of ether oxygens (including phenoxy) is 1. The van der Waals surface area contributed by atoms with Crippen LogP contribution in [0.2, 0.25) is 0 Å². The number of hydrogen-bond donors (Lipinski definition) is 1. The number of piperidine rings is 1. The van der Waals surface area contributed by atoms with Gasteiger partial charge in [0, 0.05) is 18.7 Å². The third kappa shape index (κ3) is 3.24. The highest BCUT2D eigenvalue weighted by Crippen LogP contribution is 2.31. The summed E-state index contributed by atoms with van der Waals surface area (Å²) < 4.78 is 5.39. The summed E-state index contributed by atoms with van der Waals surface area (Å²) in [5.41, 5.74) is 7.43. The SMILES string of the molecule is CCOc1ccc(C(=O)N2CCC(C)(C)CC2)cc1N. The van der Waals surface area contributed by atoms with Crippen LogP contribution in [0.15, 0.2) is 18.2 Å². The molecule has 0 unspecified atom stereocenters. The first-order chi connectivity index (χ1) is 9.43. The molecule has 20 heavy (non-hydrogen) atoms. The molecule has 1 aliphatic rings. The number of nitrogens with two attached hydrogens (primary N) is 1. The Labute approximate surface area is 120 Å². The number of amides is 1. The fourth-order valence-electron chi connectivity index (χ4n) is 2.47. The standard InChI is InChI=1S/C16H24N2O2/c1-4-20-14-6-5-12(11-13(14)17)15(19)18-9-7-16(2,3)8-10-18/h5-6,11H,4,7-10,17H2,1-3H3. The van der Waals surface area contributed by atoms with Gasteiger partial charge in [0.05, 0.1) is 12.3 Å². The predicted molar refractivity (Wildman–Crippen MR) is 80.9 cm³/mol. The second kappa shape index (κ2) is 5.73. The summed E-state index contributed by atoms with van der Waals surface area (Å²) in [7, 11) is 0. The topological polar surface area (TPSA) is 55.6 Å². The third-order valence-corrected chi connectivity index (χ3v) is 3.96. The molecule has 4 heteroatoms. The number of carbonyl (C=O) groups excluding carboxylic acids is 1. The van der Waals surface area contributed by atoms with Crippen LogP contribution < -0.4 is 10.5 Å². The normalized spacial score (nSPS) is 17.9. The first kappa shape index (κ1) is 14.7. The van der Waals surface area contributed by atoms with Gasteiger partial charge in [-0.3, -0.25) is 4.79 Å². The number of nitrogens with zero attached hydrogens (tertiary/aromatic N) is 1. The van der Waals surface area contributed by atoms with Crippen molar-refractivity contribution in [2.75, 3.05) is 25.4 Å². The monoisotopic (exact) mass is 276 g/mol. The third-order valence-electron chi connectivity index (χ3n) is 3.96. The Hall–Kier alpha value is -1.71. The van der Waals surface area contributed by atoms with Crippen LogP contribution in [0.3, 0.4) is 0 Å². The number of hydrogen-bond acceptors (Lipinski definition) is 3. The highest BCUT2D eigenvalue weighted by molar-refractivity contribution is 5.95. The van der Waals surface area contributed by atoms with E-state index in [1.807, 2.05) is 11.8 Å². The Morgan fingerprint density at radius 2 is 2.00 bits per heavy atom. The van der Waals surface area contributed by atoms with Crippen LogP contribution in [-0.4, -0.2) is 30.5 Å². The molecule has 110 valence electrons. The van der Waals surface area contributed by atoms with Crippen molar-refractivity contribution < 1.29 is 9.53 Å². The molecule has 0 aliphatic carbocycles. The molecule has 0 atom stereocenters. The van der Waals surface area contributed by atoms with Crippen molar-refractivity contribution in [2.45, 2.75) is 33.6 Å². The molecule has 2 rings (SSSR count). The Bertz CT molecular complexity index is 487. The summed E-state index contributed by atoms with van der Waals surface area (Å²) in [6.07, 6.45) is 2.09. The van der Waals surface area contributed by atoms with E-state index in [1.54, 1.807) is 18.2 Å². The van der Waals surface area contributed by atoms with Crippen LogP contribution in [0, 0.1) is 5.41 Å². The molecule has 0 radical (unpaired) electrons. The van der Waals surface area contributed by atoms with Crippen molar-refractivity contribution in [3.05, 3.63) is 23.8 Å². The van der Waals surface area contributed by atoms with Gasteiger partial charge in [-0.2, -0.15) is 0 Å². The summed E-state index contributed by atoms with van der Waals surface area (Å²) in [6.45, 7) is 8.62. The lowest BCUT2D eigenvalue weighted by Gasteiger charge is -2.37. The maximum atomic E-state index is 12.5. The van der Waals surface area contributed by atoms with Gasteiger partial charge in [0.2, 0.25) is 0 Å². The zero-order valence-corrected chi connectivity index (χ0v) is 12.6. The Morgan fingerprint density at radius 3 is 2.55 bits per heavy atom. The molecule has 1 fully saturated rings. The Morgan fingerprint density at radius 1 is 1.35 bits per heavy atom. The van der Waals surface area contributed by atoms with E-state index in [0.717, 1.165) is 25.9 Å². The Balaban J connectivity index is 2.08. The molecule has 1 aromatic rings. The number of nitrogen functional groups attached to an aromatic ring is 1. The largest absolute Gasteiger partial charge is 0.492 e. The summed E-state index contributed by atoms with van der Waals surface area (Å²) in [6, 6.07) is 5.29. The number of likely N-dealkylation sites (tertiary alicyclic amines) is 1. The van der Waals surface area contributed by atoms with E-state index in [0.29, 0.717) is 29.0 Å². The van der Waals surface area contributed by atoms with Gasteiger partial charge >= 0.3 is 0 Å². The lowest BCUT2D eigenvalue weighted by molar-refractivity contribution is 0.0630. The second-order valence-corrected chi connectivity index (χ2v) is 6.14. The first-order valence-corrected chi connectivity index (χ1v) is 7.24. The van der Waals surface area contributed by atoms with Gasteiger partial charge in [-0.1, -0.05) is 13.8 Å². The molecule has 4 nitrogen and oxygen atoms in total. The smallest absolute Gasteiger partial charge is 0.253 e. The molecule has 1 saturated heterocycles. The van der Waals surface area contributed by atoms with E-state index < -0.39 is 0 Å². The number of carbonyl (C=O) groups is 1. The molecule has 2 N–H and O–H groups in total. The van der Waals surface area contributed by atoms with Crippen molar-refractivity contribution in [3.63, 3.8) is 0 Å². The molecule has 0 aromatic heterocycles. The van der Waals surface area contributed by atoms with Crippen LogP contribution in [0.5, 0.6) is 5.75 Å². The summed E-state index contributed by atoms with van der Waals surface area (Å²) in [5, 5.41) is 0. The predicted octanol–water partition coefficient (Wildman–Crippen LogP) is 2.93. The van der Waals surface area contributed by atoms with E-state index in [2.05, 4.69) is 13.8 Å². The van der Waals surface area contributed by atoms with Gasteiger partial charge in [0.15, 0.2) is 0 Å². The maximum absolute atomic E-state index is 12.5. The minimum Gasteiger partial charge on any atom is -0.492 e. The fraction of sp³-hybridized carbons (Fsp3) is 0.562. The van der Waals surface area contributed by atoms with Crippen LogP contribution in [0.4, 0.5) is 5.69 Å². The minimum atomic E-state index is 0.0650. The second-order valence-electron chi connectivity index (χ2n) is 6.14. The van der Waals surface area contributed by atoms with Crippen molar-refractivity contribution in [2.24, 2.45) is 5.41 Å². The van der Waals surface area contributed by atoms with Crippen LogP contribution in [0.25, 0.3) is 0 Å². The van der Waals surface area contributed by atoms with Crippen LogP contribution >= 0.6 is 0 Å². The number of anilines is 1. The quantitative estimate of drug-likeness (QED) is 0.864. The number of benzene rings is 1. The van der Waals surface area contributed by atoms with E-state index in [1.165, 1.54) is 0 Å². The van der Waals surface area contributed by atoms with Crippen LogP contribution in [0.1, 0.15) is 44.0 Å². The van der Waals surface area contributed by atoms with Crippen LogP contribution in [-0.2, 0) is 0 Å². The fourth-order valence-corrected chi connectivity index (χ4v) is 2.47. The molecule has 1 heterocycles. The Kier molecular flexibility index (Phi) is 4.21. The molecule has 1 amide bonds. The van der Waals surface area contributed by atoms with E-state index >= 15 is 0 Å². The van der Waals surface area contributed by atoms with Crippen molar-refractivity contribution >= 4 is 11.6 Å². The van der Waals surface area contributed by atoms with Crippen molar-refractivity contribution in [1.29, 1.82) is 0 Å².